The topological polar surface area (TPSA) is 93.7 Å². The molecule has 0 spiro atoms. The van der Waals surface area contributed by atoms with E-state index in [0.29, 0.717) is 39.4 Å². The summed E-state index contributed by atoms with van der Waals surface area (Å²) in [4.78, 5) is 36.3. The van der Waals surface area contributed by atoms with Gasteiger partial charge in [0.05, 0.1) is 22.7 Å². The van der Waals surface area contributed by atoms with E-state index >= 15 is 0 Å². The summed E-state index contributed by atoms with van der Waals surface area (Å²) in [6.07, 6.45) is 1.09. The number of urea groups is 1. The number of nitrogens with one attached hydrogen (secondary N) is 2. The zero-order valence-electron chi connectivity index (χ0n) is 16.4. The molecule has 8 heteroatoms. The minimum atomic E-state index is -0.671. The Labute approximate surface area is 173 Å². The molecule has 2 N–H and O–H groups in total. The van der Waals surface area contributed by atoms with E-state index in [2.05, 4.69) is 26.6 Å². The molecule has 0 aromatic heterocycles. The molecule has 28 heavy (non-hydrogen) atoms. The smallest absolute Gasteiger partial charge is 0.338 e. The largest absolute Gasteiger partial charge is 0.463 e. The van der Waals surface area contributed by atoms with Crippen molar-refractivity contribution in [1.82, 2.24) is 10.6 Å². The van der Waals surface area contributed by atoms with Crippen molar-refractivity contribution >= 4 is 33.9 Å². The summed E-state index contributed by atoms with van der Waals surface area (Å²) in [5.74, 6) is -0.00699. The minimum absolute atomic E-state index is 0.227. The maximum atomic E-state index is 12.4. The van der Waals surface area contributed by atoms with Gasteiger partial charge < -0.3 is 20.1 Å². The molecule has 0 aliphatic carbocycles. The number of halogens is 1. The quantitative estimate of drug-likeness (QED) is 0.481. The molecule has 2 amide bonds. The fraction of sp³-hybridized carbons (Fsp3) is 0.450. The Kier molecular flexibility index (Phi) is 7.62. The van der Waals surface area contributed by atoms with Crippen molar-refractivity contribution in [2.24, 2.45) is 5.92 Å². The SMILES string of the molecule is CCOC(=O)C1=C(C)NC(=O)NC1c1ccc(OC(=O)CCC(C)C)c(Br)c1. The Morgan fingerprint density at radius 2 is 2.00 bits per heavy atom. The Bertz CT molecular complexity index is 804. The van der Waals surface area contributed by atoms with Gasteiger partial charge in [0.1, 0.15) is 5.75 Å². The number of allylic oxidation sites excluding steroid dienone is 1. The van der Waals surface area contributed by atoms with E-state index in [9.17, 15) is 14.4 Å². The van der Waals surface area contributed by atoms with E-state index in [4.69, 9.17) is 9.47 Å². The zero-order chi connectivity index (χ0) is 20.8. The fourth-order valence-corrected chi connectivity index (χ4v) is 3.26. The molecule has 1 aromatic carbocycles. The van der Waals surface area contributed by atoms with Crippen molar-refractivity contribution in [2.45, 2.75) is 46.6 Å². The standard InChI is InChI=1S/C20H25BrN2O5/c1-5-27-19(25)17-12(4)22-20(26)23-18(17)13-7-8-15(14(21)10-13)28-16(24)9-6-11(2)3/h7-8,10-11,18H,5-6,9H2,1-4H3,(H2,22,23,26). The highest BCUT2D eigenvalue weighted by Gasteiger charge is 2.32. The number of benzene rings is 1. The molecule has 1 aliphatic heterocycles. The predicted molar refractivity (Wildman–Crippen MR) is 108 cm³/mol. The molecular formula is C20H25BrN2O5. The first-order valence-corrected chi connectivity index (χ1v) is 9.97. The average Bonchev–Trinajstić information content (AvgIpc) is 2.61. The Morgan fingerprint density at radius 1 is 1.29 bits per heavy atom. The molecule has 2 rings (SSSR count). The summed E-state index contributed by atoms with van der Waals surface area (Å²) in [6, 6.07) is 3.98. The molecule has 152 valence electrons. The maximum absolute atomic E-state index is 12.4. The van der Waals surface area contributed by atoms with E-state index in [1.807, 2.05) is 13.8 Å². The second kappa shape index (κ2) is 9.73. The maximum Gasteiger partial charge on any atom is 0.338 e. The minimum Gasteiger partial charge on any atom is -0.463 e. The van der Waals surface area contributed by atoms with E-state index in [-0.39, 0.29) is 12.6 Å². The van der Waals surface area contributed by atoms with Gasteiger partial charge in [0.2, 0.25) is 0 Å². The molecule has 1 aliphatic rings. The Balaban J connectivity index is 2.25. The molecule has 0 radical (unpaired) electrons. The van der Waals surface area contributed by atoms with Gasteiger partial charge >= 0.3 is 18.0 Å². The van der Waals surface area contributed by atoms with Crippen LogP contribution < -0.4 is 15.4 Å². The van der Waals surface area contributed by atoms with Crippen molar-refractivity contribution in [3.8, 4) is 5.75 Å². The van der Waals surface area contributed by atoms with Gasteiger partial charge in [-0.3, -0.25) is 4.79 Å². The molecule has 1 unspecified atom stereocenters. The molecule has 7 nitrogen and oxygen atoms in total. The molecular weight excluding hydrogens is 428 g/mol. The summed E-state index contributed by atoms with van der Waals surface area (Å²) >= 11 is 3.40. The number of hydrogen-bond donors (Lipinski definition) is 2. The summed E-state index contributed by atoms with van der Waals surface area (Å²) < 4.78 is 11.1. The second-order valence-electron chi connectivity index (χ2n) is 6.89. The first-order valence-electron chi connectivity index (χ1n) is 9.18. The normalized spacial score (nSPS) is 16.5. The lowest BCUT2D eigenvalue weighted by Gasteiger charge is -2.28. The van der Waals surface area contributed by atoms with Crippen LogP contribution in [-0.4, -0.2) is 24.6 Å². The van der Waals surface area contributed by atoms with Crippen molar-refractivity contribution in [3.05, 3.63) is 39.5 Å². The van der Waals surface area contributed by atoms with Gasteiger partial charge in [-0.05, 0) is 59.8 Å². The number of amides is 2. The van der Waals surface area contributed by atoms with Crippen molar-refractivity contribution in [3.63, 3.8) is 0 Å². The van der Waals surface area contributed by atoms with Crippen molar-refractivity contribution < 1.29 is 23.9 Å². The molecule has 1 aromatic rings. The number of hydrogen-bond acceptors (Lipinski definition) is 5. The van der Waals surface area contributed by atoms with Crippen LogP contribution in [0.4, 0.5) is 4.79 Å². The second-order valence-corrected chi connectivity index (χ2v) is 7.74. The van der Waals surface area contributed by atoms with Crippen LogP contribution in [0, 0.1) is 5.92 Å². The van der Waals surface area contributed by atoms with Crippen LogP contribution in [0.1, 0.15) is 52.1 Å². The van der Waals surface area contributed by atoms with E-state index < -0.39 is 18.0 Å². The first kappa shape index (κ1) is 21.9. The van der Waals surface area contributed by atoms with Gasteiger partial charge in [0, 0.05) is 12.1 Å². The number of ether oxygens (including phenoxy) is 2. The van der Waals surface area contributed by atoms with Gasteiger partial charge in [0.15, 0.2) is 0 Å². The number of rotatable bonds is 7. The monoisotopic (exact) mass is 452 g/mol. The lowest BCUT2D eigenvalue weighted by molar-refractivity contribution is -0.139. The highest BCUT2D eigenvalue weighted by atomic mass is 79.9. The third kappa shape index (κ3) is 5.58. The number of carbonyl (C=O) groups excluding carboxylic acids is 3. The molecule has 0 fully saturated rings. The van der Waals surface area contributed by atoms with Gasteiger partial charge in [0.25, 0.3) is 0 Å². The number of carbonyl (C=O) groups is 3. The van der Waals surface area contributed by atoms with Crippen LogP contribution in [0.5, 0.6) is 5.75 Å². The third-order valence-electron chi connectivity index (χ3n) is 4.20. The van der Waals surface area contributed by atoms with Crippen molar-refractivity contribution in [2.75, 3.05) is 6.61 Å². The van der Waals surface area contributed by atoms with E-state index in [0.717, 1.165) is 6.42 Å². The summed E-state index contributed by atoms with van der Waals surface area (Å²) in [7, 11) is 0. The van der Waals surface area contributed by atoms with Crippen LogP contribution in [-0.2, 0) is 14.3 Å². The van der Waals surface area contributed by atoms with Crippen LogP contribution >= 0.6 is 15.9 Å². The fourth-order valence-electron chi connectivity index (χ4n) is 2.78. The summed E-state index contributed by atoms with van der Waals surface area (Å²) in [6.45, 7) is 7.68. The summed E-state index contributed by atoms with van der Waals surface area (Å²) in [5, 5.41) is 5.33. The highest BCUT2D eigenvalue weighted by molar-refractivity contribution is 9.10. The summed E-state index contributed by atoms with van der Waals surface area (Å²) in [5.41, 5.74) is 1.42. The molecule has 1 atom stereocenters. The van der Waals surface area contributed by atoms with Gasteiger partial charge in [-0.25, -0.2) is 9.59 Å². The van der Waals surface area contributed by atoms with Crippen molar-refractivity contribution in [1.29, 1.82) is 0 Å². The van der Waals surface area contributed by atoms with Gasteiger partial charge in [-0.1, -0.05) is 19.9 Å². The van der Waals surface area contributed by atoms with Gasteiger partial charge in [-0.15, -0.1) is 0 Å². The zero-order valence-corrected chi connectivity index (χ0v) is 18.0. The lowest BCUT2D eigenvalue weighted by Crippen LogP contribution is -2.45. The van der Waals surface area contributed by atoms with Crippen LogP contribution in [0.15, 0.2) is 33.9 Å². The molecule has 0 bridgehead atoms. The van der Waals surface area contributed by atoms with Gasteiger partial charge in [-0.2, -0.15) is 0 Å². The molecule has 0 saturated heterocycles. The highest BCUT2D eigenvalue weighted by Crippen LogP contribution is 2.33. The third-order valence-corrected chi connectivity index (χ3v) is 4.82. The van der Waals surface area contributed by atoms with E-state index in [1.54, 1.807) is 32.0 Å². The molecule has 0 saturated carbocycles. The predicted octanol–water partition coefficient (Wildman–Crippen LogP) is 3.98. The van der Waals surface area contributed by atoms with E-state index in [1.165, 1.54) is 0 Å². The number of esters is 2. The Hall–Kier alpha value is -2.35. The van der Waals surface area contributed by atoms with Crippen LogP contribution in [0.25, 0.3) is 0 Å². The first-order chi connectivity index (χ1) is 13.2. The van der Waals surface area contributed by atoms with Crippen LogP contribution in [0.2, 0.25) is 0 Å². The lowest BCUT2D eigenvalue weighted by atomic mass is 9.95. The molecule has 1 heterocycles. The van der Waals surface area contributed by atoms with Crippen LogP contribution in [0.3, 0.4) is 0 Å². The average molecular weight is 453 g/mol. The Morgan fingerprint density at radius 3 is 2.61 bits per heavy atom.